The van der Waals surface area contributed by atoms with Crippen LogP contribution in [0, 0.1) is 0 Å². The van der Waals surface area contributed by atoms with Crippen molar-refractivity contribution in [2.24, 2.45) is 0 Å². The number of nitrogens with zero attached hydrogens (tertiary/aromatic N) is 1. The molecule has 1 aliphatic heterocycles. The van der Waals surface area contributed by atoms with Gasteiger partial charge >= 0.3 is 0 Å². The van der Waals surface area contributed by atoms with E-state index in [4.69, 9.17) is 0 Å². The number of rotatable bonds is 4. The molecule has 0 aliphatic carbocycles. The molecule has 1 aromatic rings. The summed E-state index contributed by atoms with van der Waals surface area (Å²) in [5, 5.41) is 6.23. The summed E-state index contributed by atoms with van der Waals surface area (Å²) in [7, 11) is 0. The fourth-order valence-corrected chi connectivity index (χ4v) is 2.13. The zero-order valence-electron chi connectivity index (χ0n) is 10.2. The summed E-state index contributed by atoms with van der Waals surface area (Å²) in [6.07, 6.45) is 4.55. The predicted molar refractivity (Wildman–Crippen MR) is 66.6 cm³/mol. The van der Waals surface area contributed by atoms with Crippen LogP contribution in [0.25, 0.3) is 0 Å². The number of carbonyl (C=O) groups is 1. The van der Waals surface area contributed by atoms with Gasteiger partial charge in [-0.2, -0.15) is 0 Å². The van der Waals surface area contributed by atoms with E-state index < -0.39 is 0 Å². The van der Waals surface area contributed by atoms with Crippen LogP contribution < -0.4 is 10.6 Å². The maximum atomic E-state index is 12.0. The minimum Gasteiger partial charge on any atom is -0.354 e. The van der Waals surface area contributed by atoms with E-state index in [0.29, 0.717) is 6.54 Å². The molecular formula is C13H19N3O. The first-order chi connectivity index (χ1) is 8.21. The molecule has 1 unspecified atom stereocenters. The molecule has 1 saturated heterocycles. The lowest BCUT2D eigenvalue weighted by Gasteiger charge is -2.22. The molecule has 4 heteroatoms. The SMILES string of the molecule is CC1(C(=O)NCCc2ccccn2)CCCN1. The highest BCUT2D eigenvalue weighted by atomic mass is 16.2. The van der Waals surface area contributed by atoms with Gasteiger partial charge in [0, 0.05) is 24.9 Å². The maximum Gasteiger partial charge on any atom is 0.240 e. The Kier molecular flexibility index (Phi) is 3.74. The smallest absolute Gasteiger partial charge is 0.240 e. The number of carbonyl (C=O) groups excluding carboxylic acids is 1. The average Bonchev–Trinajstić information content (AvgIpc) is 2.79. The predicted octanol–water partition coefficient (Wildman–Crippen LogP) is 0.882. The van der Waals surface area contributed by atoms with Crippen molar-refractivity contribution in [2.45, 2.75) is 31.7 Å². The largest absolute Gasteiger partial charge is 0.354 e. The lowest BCUT2D eigenvalue weighted by atomic mass is 9.99. The Bertz CT molecular complexity index is 372. The first-order valence-electron chi connectivity index (χ1n) is 6.14. The lowest BCUT2D eigenvalue weighted by molar-refractivity contribution is -0.126. The second-order valence-electron chi connectivity index (χ2n) is 4.69. The fourth-order valence-electron chi connectivity index (χ4n) is 2.13. The van der Waals surface area contributed by atoms with Gasteiger partial charge in [0.1, 0.15) is 0 Å². The highest BCUT2D eigenvalue weighted by Crippen LogP contribution is 2.18. The number of hydrogen-bond acceptors (Lipinski definition) is 3. The van der Waals surface area contributed by atoms with Crippen LogP contribution in [0.1, 0.15) is 25.5 Å². The van der Waals surface area contributed by atoms with Gasteiger partial charge in [-0.25, -0.2) is 0 Å². The molecule has 17 heavy (non-hydrogen) atoms. The summed E-state index contributed by atoms with van der Waals surface area (Å²) in [5.74, 6) is 0.103. The van der Waals surface area contributed by atoms with E-state index >= 15 is 0 Å². The van der Waals surface area contributed by atoms with Crippen molar-refractivity contribution in [3.63, 3.8) is 0 Å². The molecule has 0 saturated carbocycles. The molecule has 1 amide bonds. The van der Waals surface area contributed by atoms with Gasteiger partial charge in [0.2, 0.25) is 5.91 Å². The van der Waals surface area contributed by atoms with Gasteiger partial charge in [0.25, 0.3) is 0 Å². The zero-order chi connectivity index (χ0) is 12.1. The third kappa shape index (κ3) is 3.03. The molecule has 1 fully saturated rings. The Morgan fingerprint density at radius 1 is 1.59 bits per heavy atom. The second-order valence-corrected chi connectivity index (χ2v) is 4.69. The molecule has 2 N–H and O–H groups in total. The minimum atomic E-state index is -0.371. The molecule has 2 rings (SSSR count). The quantitative estimate of drug-likeness (QED) is 0.812. The Morgan fingerprint density at radius 3 is 3.12 bits per heavy atom. The first kappa shape index (κ1) is 12.0. The van der Waals surface area contributed by atoms with Gasteiger partial charge in [0.15, 0.2) is 0 Å². The molecule has 0 aromatic carbocycles. The minimum absolute atomic E-state index is 0.103. The van der Waals surface area contributed by atoms with Crippen molar-refractivity contribution in [3.8, 4) is 0 Å². The maximum absolute atomic E-state index is 12.0. The van der Waals surface area contributed by atoms with Crippen LogP contribution in [0.3, 0.4) is 0 Å². The summed E-state index contributed by atoms with van der Waals surface area (Å²) >= 11 is 0. The van der Waals surface area contributed by atoms with Gasteiger partial charge in [-0.1, -0.05) is 6.07 Å². The van der Waals surface area contributed by atoms with Gasteiger partial charge in [-0.05, 0) is 38.4 Å². The van der Waals surface area contributed by atoms with E-state index in [1.807, 2.05) is 25.1 Å². The van der Waals surface area contributed by atoms with Crippen molar-refractivity contribution in [1.82, 2.24) is 15.6 Å². The van der Waals surface area contributed by atoms with E-state index in [1.54, 1.807) is 6.20 Å². The topological polar surface area (TPSA) is 54.0 Å². The van der Waals surface area contributed by atoms with E-state index in [1.165, 1.54) is 0 Å². The number of pyridine rings is 1. The number of hydrogen-bond donors (Lipinski definition) is 2. The summed E-state index contributed by atoms with van der Waals surface area (Å²) in [6.45, 7) is 3.55. The summed E-state index contributed by atoms with van der Waals surface area (Å²) < 4.78 is 0. The number of aromatic nitrogens is 1. The molecule has 4 nitrogen and oxygen atoms in total. The van der Waals surface area contributed by atoms with E-state index in [2.05, 4.69) is 15.6 Å². The molecule has 0 bridgehead atoms. The van der Waals surface area contributed by atoms with E-state index in [9.17, 15) is 4.79 Å². The average molecular weight is 233 g/mol. The number of amides is 1. The highest BCUT2D eigenvalue weighted by molar-refractivity contribution is 5.86. The van der Waals surface area contributed by atoms with Crippen LogP contribution in [0.2, 0.25) is 0 Å². The van der Waals surface area contributed by atoms with Gasteiger partial charge < -0.3 is 10.6 Å². The summed E-state index contributed by atoms with van der Waals surface area (Å²) in [4.78, 5) is 16.2. The third-order valence-electron chi connectivity index (χ3n) is 3.26. The summed E-state index contributed by atoms with van der Waals surface area (Å²) in [6, 6.07) is 5.83. The molecule has 0 radical (unpaired) electrons. The van der Waals surface area contributed by atoms with Gasteiger partial charge in [0.05, 0.1) is 5.54 Å². The van der Waals surface area contributed by atoms with Crippen LogP contribution in [0.4, 0.5) is 0 Å². The van der Waals surface area contributed by atoms with Crippen molar-refractivity contribution < 1.29 is 4.79 Å². The Hall–Kier alpha value is -1.42. The van der Waals surface area contributed by atoms with Crippen LogP contribution in [-0.2, 0) is 11.2 Å². The summed E-state index contributed by atoms with van der Waals surface area (Å²) in [5.41, 5.74) is 0.641. The van der Waals surface area contributed by atoms with Gasteiger partial charge in [-0.15, -0.1) is 0 Å². The van der Waals surface area contributed by atoms with Crippen LogP contribution in [0.15, 0.2) is 24.4 Å². The molecule has 1 atom stereocenters. The third-order valence-corrected chi connectivity index (χ3v) is 3.26. The van der Waals surface area contributed by atoms with Crippen molar-refractivity contribution in [2.75, 3.05) is 13.1 Å². The normalized spacial score (nSPS) is 23.6. The molecular weight excluding hydrogens is 214 g/mol. The Morgan fingerprint density at radius 2 is 2.47 bits per heavy atom. The van der Waals surface area contributed by atoms with Crippen LogP contribution in [0.5, 0.6) is 0 Å². The van der Waals surface area contributed by atoms with Gasteiger partial charge in [-0.3, -0.25) is 9.78 Å². The number of nitrogens with one attached hydrogen (secondary N) is 2. The molecule has 92 valence electrons. The fraction of sp³-hybridized carbons (Fsp3) is 0.538. The van der Waals surface area contributed by atoms with Crippen molar-refractivity contribution in [3.05, 3.63) is 30.1 Å². The standard InChI is InChI=1S/C13H19N3O/c1-13(7-4-9-16-13)12(17)15-10-6-11-5-2-3-8-14-11/h2-3,5,8,16H,4,6-7,9-10H2,1H3,(H,15,17). The van der Waals surface area contributed by atoms with Crippen molar-refractivity contribution >= 4 is 5.91 Å². The van der Waals surface area contributed by atoms with E-state index in [-0.39, 0.29) is 11.4 Å². The van der Waals surface area contributed by atoms with Crippen molar-refractivity contribution in [1.29, 1.82) is 0 Å². The zero-order valence-corrected chi connectivity index (χ0v) is 10.2. The van der Waals surface area contributed by atoms with Crippen LogP contribution in [-0.4, -0.2) is 29.5 Å². The Labute approximate surface area is 102 Å². The molecule has 1 aliphatic rings. The molecule has 2 heterocycles. The Balaban J connectivity index is 1.77. The highest BCUT2D eigenvalue weighted by Gasteiger charge is 2.35. The van der Waals surface area contributed by atoms with Crippen LogP contribution >= 0.6 is 0 Å². The first-order valence-corrected chi connectivity index (χ1v) is 6.14. The molecule has 1 aromatic heterocycles. The second kappa shape index (κ2) is 5.27. The van der Waals surface area contributed by atoms with E-state index in [0.717, 1.165) is 31.5 Å². The lowest BCUT2D eigenvalue weighted by Crippen LogP contribution is -2.51. The monoisotopic (exact) mass is 233 g/mol. The molecule has 0 spiro atoms.